The van der Waals surface area contributed by atoms with Crippen molar-refractivity contribution in [2.75, 3.05) is 0 Å². The van der Waals surface area contributed by atoms with Crippen LogP contribution in [-0.4, -0.2) is 0 Å². The maximum Gasteiger partial charge on any atom is 0.101 e. The molecule has 82 valence electrons. The normalized spacial score (nSPS) is 9.88. The Morgan fingerprint density at radius 1 is 1.25 bits per heavy atom. The molecule has 0 heterocycles. The third-order valence-corrected chi connectivity index (χ3v) is 3.22. The van der Waals surface area contributed by atoms with Gasteiger partial charge in [-0.15, -0.1) is 0 Å². The summed E-state index contributed by atoms with van der Waals surface area (Å²) in [5.41, 5.74) is 2.60. The molecule has 16 heavy (non-hydrogen) atoms. The van der Waals surface area contributed by atoms with Crippen LogP contribution in [0.15, 0.2) is 16.6 Å². The minimum Gasteiger partial charge on any atom is -0.198 e. The molecule has 1 aromatic rings. The Morgan fingerprint density at radius 3 is 2.38 bits per heavy atom. The minimum absolute atomic E-state index is 0.331. The van der Waals surface area contributed by atoms with Crippen molar-refractivity contribution in [2.24, 2.45) is 5.92 Å². The molecule has 1 aromatic carbocycles. The third kappa shape index (κ3) is 2.84. The maximum atomic E-state index is 9.14. The van der Waals surface area contributed by atoms with E-state index in [1.807, 2.05) is 12.1 Å². The highest BCUT2D eigenvalue weighted by Crippen LogP contribution is 2.26. The number of nitriles is 2. The average molecular weight is 277 g/mol. The van der Waals surface area contributed by atoms with E-state index < -0.39 is 0 Å². The Hall–Kier alpha value is -1.32. The van der Waals surface area contributed by atoms with Crippen LogP contribution >= 0.6 is 15.9 Å². The van der Waals surface area contributed by atoms with Crippen LogP contribution in [0.3, 0.4) is 0 Å². The Morgan fingerprint density at radius 2 is 1.88 bits per heavy atom. The van der Waals surface area contributed by atoms with Gasteiger partial charge >= 0.3 is 0 Å². The number of hydrogen-bond acceptors (Lipinski definition) is 2. The summed E-state index contributed by atoms with van der Waals surface area (Å²) in [4.78, 5) is 0. The molecule has 2 nitrogen and oxygen atoms in total. The summed E-state index contributed by atoms with van der Waals surface area (Å²) < 4.78 is 0.773. The van der Waals surface area contributed by atoms with E-state index in [1.165, 1.54) is 0 Å². The van der Waals surface area contributed by atoms with Gasteiger partial charge in [0, 0.05) is 4.47 Å². The summed E-state index contributed by atoms with van der Waals surface area (Å²) in [5, 5.41) is 17.8. The van der Waals surface area contributed by atoms with Gasteiger partial charge in [-0.3, -0.25) is 0 Å². The lowest BCUT2D eigenvalue weighted by atomic mass is 9.96. The van der Waals surface area contributed by atoms with Crippen molar-refractivity contribution in [2.45, 2.75) is 26.7 Å². The standard InChI is InChI=1S/C13H13BrN2/c1-9(2)7-11-4-3-10(5-6-15)13(14)12(11)8-16/h3-4,9H,5,7H2,1-2H3. The van der Waals surface area contributed by atoms with Gasteiger partial charge in [0.15, 0.2) is 0 Å². The predicted molar refractivity (Wildman–Crippen MR) is 66.7 cm³/mol. The van der Waals surface area contributed by atoms with Crippen LogP contribution in [0.4, 0.5) is 0 Å². The van der Waals surface area contributed by atoms with Crippen molar-refractivity contribution in [1.29, 1.82) is 10.5 Å². The van der Waals surface area contributed by atoms with Gasteiger partial charge in [0.1, 0.15) is 6.07 Å². The monoisotopic (exact) mass is 276 g/mol. The Balaban J connectivity index is 3.21. The number of rotatable bonds is 3. The van der Waals surface area contributed by atoms with Crippen molar-refractivity contribution >= 4 is 15.9 Å². The Kier molecular flexibility index (Phi) is 4.52. The van der Waals surface area contributed by atoms with E-state index in [2.05, 4.69) is 41.9 Å². The van der Waals surface area contributed by atoms with E-state index >= 15 is 0 Å². The quantitative estimate of drug-likeness (QED) is 0.847. The molecule has 0 fully saturated rings. The minimum atomic E-state index is 0.331. The zero-order valence-electron chi connectivity index (χ0n) is 9.42. The smallest absolute Gasteiger partial charge is 0.101 e. The van der Waals surface area contributed by atoms with Crippen molar-refractivity contribution in [3.8, 4) is 12.1 Å². The molecule has 0 aliphatic heterocycles. The first-order valence-electron chi connectivity index (χ1n) is 5.17. The molecule has 0 bridgehead atoms. The molecule has 0 atom stereocenters. The zero-order valence-corrected chi connectivity index (χ0v) is 11.0. The van der Waals surface area contributed by atoms with Gasteiger partial charge in [-0.05, 0) is 39.4 Å². The molecular weight excluding hydrogens is 264 g/mol. The molecule has 0 N–H and O–H groups in total. The van der Waals surface area contributed by atoms with Gasteiger partial charge in [-0.2, -0.15) is 10.5 Å². The summed E-state index contributed by atoms with van der Waals surface area (Å²) in [6.45, 7) is 4.25. The lowest BCUT2D eigenvalue weighted by molar-refractivity contribution is 0.646. The third-order valence-electron chi connectivity index (χ3n) is 2.32. The van der Waals surface area contributed by atoms with E-state index in [9.17, 15) is 0 Å². The molecule has 0 spiro atoms. The van der Waals surface area contributed by atoms with E-state index in [0.717, 1.165) is 22.0 Å². The van der Waals surface area contributed by atoms with Crippen LogP contribution in [0.1, 0.15) is 30.5 Å². The van der Waals surface area contributed by atoms with Gasteiger partial charge < -0.3 is 0 Å². The van der Waals surface area contributed by atoms with Crippen molar-refractivity contribution in [3.05, 3.63) is 33.3 Å². The average Bonchev–Trinajstić information content (AvgIpc) is 2.22. The van der Waals surface area contributed by atoms with Gasteiger partial charge in [-0.25, -0.2) is 0 Å². The van der Waals surface area contributed by atoms with E-state index in [1.54, 1.807) is 0 Å². The SMILES string of the molecule is CC(C)Cc1ccc(CC#N)c(Br)c1C#N. The van der Waals surface area contributed by atoms with E-state index in [-0.39, 0.29) is 0 Å². The van der Waals surface area contributed by atoms with Gasteiger partial charge in [0.25, 0.3) is 0 Å². The van der Waals surface area contributed by atoms with Gasteiger partial charge in [0.05, 0.1) is 18.1 Å². The number of hydrogen-bond donors (Lipinski definition) is 0. The molecule has 0 amide bonds. The molecule has 0 aliphatic carbocycles. The van der Waals surface area contributed by atoms with Crippen molar-refractivity contribution in [1.82, 2.24) is 0 Å². The van der Waals surface area contributed by atoms with Crippen LogP contribution in [0.2, 0.25) is 0 Å². The highest BCUT2D eigenvalue weighted by Gasteiger charge is 2.11. The van der Waals surface area contributed by atoms with E-state index in [0.29, 0.717) is 17.9 Å². The largest absolute Gasteiger partial charge is 0.198 e. The molecule has 0 aliphatic rings. The summed E-state index contributed by atoms with van der Waals surface area (Å²) >= 11 is 3.41. The van der Waals surface area contributed by atoms with Crippen LogP contribution in [-0.2, 0) is 12.8 Å². The first-order valence-corrected chi connectivity index (χ1v) is 5.96. The molecular formula is C13H13BrN2. The fraction of sp³-hybridized carbons (Fsp3) is 0.385. The zero-order chi connectivity index (χ0) is 12.1. The lowest BCUT2D eigenvalue weighted by Gasteiger charge is -2.10. The first-order chi connectivity index (χ1) is 7.60. The van der Waals surface area contributed by atoms with Gasteiger partial charge in [0.2, 0.25) is 0 Å². The second-order valence-electron chi connectivity index (χ2n) is 4.12. The Bertz CT molecular complexity index is 464. The van der Waals surface area contributed by atoms with E-state index in [4.69, 9.17) is 10.5 Å². The number of nitrogens with zero attached hydrogens (tertiary/aromatic N) is 2. The van der Waals surface area contributed by atoms with Crippen LogP contribution in [0, 0.1) is 28.6 Å². The molecule has 0 saturated heterocycles. The highest BCUT2D eigenvalue weighted by molar-refractivity contribution is 9.10. The molecule has 0 saturated carbocycles. The second kappa shape index (κ2) is 5.68. The second-order valence-corrected chi connectivity index (χ2v) is 4.91. The Labute approximate surface area is 105 Å². The molecule has 0 radical (unpaired) electrons. The summed E-state index contributed by atoms with van der Waals surface area (Å²) in [7, 11) is 0. The number of benzene rings is 1. The van der Waals surface area contributed by atoms with Crippen LogP contribution < -0.4 is 0 Å². The highest BCUT2D eigenvalue weighted by atomic mass is 79.9. The van der Waals surface area contributed by atoms with Crippen LogP contribution in [0.25, 0.3) is 0 Å². The fourth-order valence-corrected chi connectivity index (χ4v) is 2.23. The predicted octanol–water partition coefficient (Wildman–Crippen LogP) is 3.59. The summed E-state index contributed by atoms with van der Waals surface area (Å²) in [5.74, 6) is 0.515. The summed E-state index contributed by atoms with van der Waals surface area (Å²) in [6.07, 6.45) is 1.21. The van der Waals surface area contributed by atoms with Crippen LogP contribution in [0.5, 0.6) is 0 Å². The van der Waals surface area contributed by atoms with Crippen molar-refractivity contribution < 1.29 is 0 Å². The molecule has 0 unspecified atom stereocenters. The molecule has 0 aromatic heterocycles. The van der Waals surface area contributed by atoms with Crippen molar-refractivity contribution in [3.63, 3.8) is 0 Å². The topological polar surface area (TPSA) is 47.6 Å². The molecule has 1 rings (SSSR count). The summed E-state index contributed by atoms with van der Waals surface area (Å²) in [6, 6.07) is 8.19. The first kappa shape index (κ1) is 12.7. The number of halogens is 1. The maximum absolute atomic E-state index is 9.14. The fourth-order valence-electron chi connectivity index (χ4n) is 1.61. The molecule has 3 heteroatoms. The lowest BCUT2D eigenvalue weighted by Crippen LogP contribution is -2.00. The van der Waals surface area contributed by atoms with Gasteiger partial charge in [-0.1, -0.05) is 26.0 Å².